The molecule has 78 valence electrons. The molecule has 0 heterocycles. The summed E-state index contributed by atoms with van der Waals surface area (Å²) in [6.07, 6.45) is 2.25. The smallest absolute Gasteiger partial charge is 0.0530 e. The van der Waals surface area contributed by atoms with E-state index in [1.54, 1.807) is 7.11 Å². The van der Waals surface area contributed by atoms with E-state index in [0.717, 1.165) is 19.4 Å². The first-order chi connectivity index (χ1) is 6.81. The number of hydrogen-bond donors (Lipinski definition) is 0. The molecule has 0 spiro atoms. The van der Waals surface area contributed by atoms with E-state index in [9.17, 15) is 0 Å². The molecular formula is C13H20O. The van der Waals surface area contributed by atoms with Gasteiger partial charge < -0.3 is 4.74 Å². The molecule has 1 nitrogen and oxygen atoms in total. The van der Waals surface area contributed by atoms with Crippen molar-refractivity contribution in [2.45, 2.75) is 32.6 Å². The van der Waals surface area contributed by atoms with Crippen molar-refractivity contribution in [3.8, 4) is 0 Å². The van der Waals surface area contributed by atoms with Gasteiger partial charge in [-0.1, -0.05) is 38.1 Å². The summed E-state index contributed by atoms with van der Waals surface area (Å²) in [5.41, 5.74) is 2.80. The van der Waals surface area contributed by atoms with Crippen LogP contribution in [0.25, 0.3) is 0 Å². The van der Waals surface area contributed by atoms with Crippen molar-refractivity contribution >= 4 is 0 Å². The molecule has 0 aliphatic heterocycles. The van der Waals surface area contributed by atoms with Gasteiger partial charge >= 0.3 is 0 Å². The minimum Gasteiger partial charge on any atom is -0.384 e. The third kappa shape index (κ3) is 2.85. The first-order valence-electron chi connectivity index (χ1n) is 5.39. The zero-order valence-electron chi connectivity index (χ0n) is 9.42. The quantitative estimate of drug-likeness (QED) is 0.695. The molecule has 0 aromatic heterocycles. The lowest BCUT2D eigenvalue weighted by atomic mass is 9.96. The molecule has 0 fully saturated rings. The van der Waals surface area contributed by atoms with Gasteiger partial charge in [-0.3, -0.25) is 0 Å². The SMILES string of the molecule is CCc1ccc(C(CC)COC)cc1. The molecule has 0 aliphatic rings. The van der Waals surface area contributed by atoms with Crippen molar-refractivity contribution in [1.29, 1.82) is 0 Å². The van der Waals surface area contributed by atoms with Gasteiger partial charge in [0.1, 0.15) is 0 Å². The number of ether oxygens (including phenoxy) is 1. The molecule has 1 unspecified atom stereocenters. The molecule has 0 amide bonds. The molecule has 1 atom stereocenters. The van der Waals surface area contributed by atoms with E-state index >= 15 is 0 Å². The van der Waals surface area contributed by atoms with Crippen molar-refractivity contribution in [3.63, 3.8) is 0 Å². The topological polar surface area (TPSA) is 9.23 Å². The van der Waals surface area contributed by atoms with E-state index in [-0.39, 0.29) is 0 Å². The van der Waals surface area contributed by atoms with Crippen LogP contribution in [0.4, 0.5) is 0 Å². The lowest BCUT2D eigenvalue weighted by molar-refractivity contribution is 0.177. The maximum atomic E-state index is 5.21. The van der Waals surface area contributed by atoms with Crippen LogP contribution in [-0.2, 0) is 11.2 Å². The summed E-state index contributed by atoms with van der Waals surface area (Å²) in [4.78, 5) is 0. The zero-order valence-corrected chi connectivity index (χ0v) is 9.42. The normalized spacial score (nSPS) is 12.8. The molecule has 0 saturated heterocycles. The highest BCUT2D eigenvalue weighted by Gasteiger charge is 2.07. The van der Waals surface area contributed by atoms with E-state index < -0.39 is 0 Å². The van der Waals surface area contributed by atoms with Crippen LogP contribution < -0.4 is 0 Å². The molecule has 1 aromatic carbocycles. The lowest BCUT2D eigenvalue weighted by Crippen LogP contribution is -2.04. The van der Waals surface area contributed by atoms with Crippen LogP contribution in [0.3, 0.4) is 0 Å². The summed E-state index contributed by atoms with van der Waals surface area (Å²) in [5, 5.41) is 0. The summed E-state index contributed by atoms with van der Waals surface area (Å²) in [5.74, 6) is 0.547. The highest BCUT2D eigenvalue weighted by Crippen LogP contribution is 2.20. The number of benzene rings is 1. The molecule has 1 heteroatoms. The van der Waals surface area contributed by atoms with Crippen LogP contribution in [-0.4, -0.2) is 13.7 Å². The second-order valence-electron chi connectivity index (χ2n) is 3.66. The number of rotatable bonds is 5. The highest BCUT2D eigenvalue weighted by atomic mass is 16.5. The first kappa shape index (κ1) is 11.3. The summed E-state index contributed by atoms with van der Waals surface area (Å²) < 4.78 is 5.21. The Labute approximate surface area is 87.1 Å². The summed E-state index contributed by atoms with van der Waals surface area (Å²) in [6, 6.07) is 8.89. The van der Waals surface area contributed by atoms with Gasteiger partial charge in [-0.15, -0.1) is 0 Å². The minimum absolute atomic E-state index is 0.547. The molecule has 14 heavy (non-hydrogen) atoms. The average Bonchev–Trinajstić information content (AvgIpc) is 2.26. The van der Waals surface area contributed by atoms with Crippen molar-refractivity contribution in [2.75, 3.05) is 13.7 Å². The standard InChI is InChI=1S/C13H20O/c1-4-11-6-8-13(9-7-11)12(5-2)10-14-3/h6-9,12H,4-5,10H2,1-3H3. The second-order valence-corrected chi connectivity index (χ2v) is 3.66. The second kappa shape index (κ2) is 5.82. The molecule has 1 rings (SSSR count). The maximum Gasteiger partial charge on any atom is 0.0530 e. The Balaban J connectivity index is 2.73. The van der Waals surface area contributed by atoms with Crippen LogP contribution in [0.15, 0.2) is 24.3 Å². The molecule has 0 radical (unpaired) electrons. The van der Waals surface area contributed by atoms with Gasteiger partial charge in [-0.25, -0.2) is 0 Å². The first-order valence-corrected chi connectivity index (χ1v) is 5.39. The van der Waals surface area contributed by atoms with E-state index in [0.29, 0.717) is 5.92 Å². The van der Waals surface area contributed by atoms with E-state index in [2.05, 4.69) is 38.1 Å². The highest BCUT2D eigenvalue weighted by molar-refractivity contribution is 5.25. The average molecular weight is 192 g/mol. The Morgan fingerprint density at radius 2 is 1.79 bits per heavy atom. The Morgan fingerprint density at radius 1 is 1.14 bits per heavy atom. The van der Waals surface area contributed by atoms with E-state index in [4.69, 9.17) is 4.74 Å². The van der Waals surface area contributed by atoms with Crippen molar-refractivity contribution in [1.82, 2.24) is 0 Å². The summed E-state index contributed by atoms with van der Waals surface area (Å²) in [7, 11) is 1.77. The predicted octanol–water partition coefficient (Wildman–Crippen LogP) is 3.39. The van der Waals surface area contributed by atoms with Crippen LogP contribution in [0.2, 0.25) is 0 Å². The Kier molecular flexibility index (Phi) is 4.68. The summed E-state index contributed by atoms with van der Waals surface area (Å²) >= 11 is 0. The number of aryl methyl sites for hydroxylation is 1. The van der Waals surface area contributed by atoms with Crippen LogP contribution in [0.5, 0.6) is 0 Å². The van der Waals surface area contributed by atoms with Crippen molar-refractivity contribution in [2.24, 2.45) is 0 Å². The van der Waals surface area contributed by atoms with Crippen LogP contribution in [0.1, 0.15) is 37.3 Å². The fourth-order valence-corrected chi connectivity index (χ4v) is 1.68. The Hall–Kier alpha value is -0.820. The Morgan fingerprint density at radius 3 is 2.21 bits per heavy atom. The van der Waals surface area contributed by atoms with Crippen LogP contribution in [0, 0.1) is 0 Å². The van der Waals surface area contributed by atoms with Gasteiger partial charge in [-0.05, 0) is 24.0 Å². The third-order valence-corrected chi connectivity index (χ3v) is 2.72. The number of methoxy groups -OCH3 is 1. The summed E-state index contributed by atoms with van der Waals surface area (Å²) in [6.45, 7) is 5.21. The predicted molar refractivity (Wildman–Crippen MR) is 60.7 cm³/mol. The minimum atomic E-state index is 0.547. The monoisotopic (exact) mass is 192 g/mol. The van der Waals surface area contributed by atoms with E-state index in [1.165, 1.54) is 11.1 Å². The fraction of sp³-hybridized carbons (Fsp3) is 0.538. The Bertz CT molecular complexity index is 250. The molecule has 1 aromatic rings. The van der Waals surface area contributed by atoms with Gasteiger partial charge in [0.25, 0.3) is 0 Å². The van der Waals surface area contributed by atoms with Gasteiger partial charge in [0.15, 0.2) is 0 Å². The molecule has 0 bridgehead atoms. The van der Waals surface area contributed by atoms with Gasteiger partial charge in [0, 0.05) is 13.0 Å². The number of hydrogen-bond acceptors (Lipinski definition) is 1. The van der Waals surface area contributed by atoms with Crippen LogP contribution >= 0.6 is 0 Å². The molecule has 0 aliphatic carbocycles. The van der Waals surface area contributed by atoms with Crippen molar-refractivity contribution < 1.29 is 4.74 Å². The molecular weight excluding hydrogens is 172 g/mol. The van der Waals surface area contributed by atoms with Gasteiger partial charge in [0.05, 0.1) is 6.61 Å². The molecule has 0 saturated carbocycles. The fourth-order valence-electron chi connectivity index (χ4n) is 1.68. The van der Waals surface area contributed by atoms with E-state index in [1.807, 2.05) is 0 Å². The van der Waals surface area contributed by atoms with Gasteiger partial charge in [0.2, 0.25) is 0 Å². The largest absolute Gasteiger partial charge is 0.384 e. The maximum absolute atomic E-state index is 5.21. The zero-order chi connectivity index (χ0) is 10.4. The third-order valence-electron chi connectivity index (χ3n) is 2.72. The lowest BCUT2D eigenvalue weighted by Gasteiger charge is -2.14. The molecule has 0 N–H and O–H groups in total. The van der Waals surface area contributed by atoms with Crippen molar-refractivity contribution in [3.05, 3.63) is 35.4 Å². The van der Waals surface area contributed by atoms with Gasteiger partial charge in [-0.2, -0.15) is 0 Å².